The van der Waals surface area contributed by atoms with Gasteiger partial charge in [0.05, 0.1) is 6.54 Å². The van der Waals surface area contributed by atoms with Crippen molar-refractivity contribution in [2.24, 2.45) is 4.99 Å². The summed E-state index contributed by atoms with van der Waals surface area (Å²) in [6.45, 7) is 5.79. The van der Waals surface area contributed by atoms with Crippen LogP contribution in [0.25, 0.3) is 0 Å². The summed E-state index contributed by atoms with van der Waals surface area (Å²) in [5, 5.41) is 10.4. The van der Waals surface area contributed by atoms with Gasteiger partial charge < -0.3 is 20.9 Å². The van der Waals surface area contributed by atoms with Gasteiger partial charge >= 0.3 is 6.03 Å². The number of nitrogens with one attached hydrogen (secondary N) is 3. The second-order valence-electron chi connectivity index (χ2n) is 7.33. The minimum atomic E-state index is -0.0239. The van der Waals surface area contributed by atoms with E-state index < -0.39 is 0 Å². The number of rotatable bonds is 7. The van der Waals surface area contributed by atoms with Crippen LogP contribution in [0.15, 0.2) is 53.5 Å². The first kappa shape index (κ1) is 22.0. The molecule has 1 heterocycles. The van der Waals surface area contributed by atoms with Crippen molar-refractivity contribution < 1.29 is 4.79 Å². The number of aliphatic imine (C=N–C) groups is 1. The molecule has 2 aromatic carbocycles. The average Bonchev–Trinajstić information content (AvgIpc) is 3.27. The summed E-state index contributed by atoms with van der Waals surface area (Å²) in [5.74, 6) is 0.769. The summed E-state index contributed by atoms with van der Waals surface area (Å²) in [6.07, 6.45) is 3.03. The second-order valence-corrected chi connectivity index (χ2v) is 7.76. The fourth-order valence-electron chi connectivity index (χ4n) is 3.40. The number of nitrogens with zero attached hydrogens (tertiary/aromatic N) is 2. The standard InChI is InChI=1S/C23H30ClN5O/c1-2-25-22(26-12-11-18-7-5-9-20(24)15-18)27-17-19-8-6-10-21(16-19)28-23(30)29-13-3-4-14-29/h5-10,15-16H,2-4,11-14,17H2,1H3,(H,28,30)(H2,25,26,27). The Morgan fingerprint density at radius 2 is 1.83 bits per heavy atom. The number of hydrogen-bond donors (Lipinski definition) is 3. The van der Waals surface area contributed by atoms with Gasteiger partial charge in [-0.25, -0.2) is 9.79 Å². The molecule has 0 aliphatic carbocycles. The van der Waals surface area contributed by atoms with E-state index in [1.807, 2.05) is 54.3 Å². The van der Waals surface area contributed by atoms with Gasteiger partial charge in [-0.2, -0.15) is 0 Å². The van der Waals surface area contributed by atoms with Crippen LogP contribution in [0.2, 0.25) is 5.02 Å². The van der Waals surface area contributed by atoms with E-state index >= 15 is 0 Å². The molecular weight excluding hydrogens is 398 g/mol. The third kappa shape index (κ3) is 6.95. The smallest absolute Gasteiger partial charge is 0.321 e. The molecule has 1 fully saturated rings. The monoisotopic (exact) mass is 427 g/mol. The highest BCUT2D eigenvalue weighted by Crippen LogP contribution is 2.15. The van der Waals surface area contributed by atoms with Crippen molar-refractivity contribution in [2.45, 2.75) is 32.7 Å². The van der Waals surface area contributed by atoms with Gasteiger partial charge in [0.2, 0.25) is 0 Å². The number of likely N-dealkylation sites (tertiary alicyclic amines) is 1. The zero-order valence-electron chi connectivity index (χ0n) is 17.5. The molecule has 2 amide bonds. The number of amides is 2. The fraction of sp³-hybridized carbons (Fsp3) is 0.391. The summed E-state index contributed by atoms with van der Waals surface area (Å²) < 4.78 is 0. The second kappa shape index (κ2) is 11.5. The van der Waals surface area contributed by atoms with E-state index in [-0.39, 0.29) is 6.03 Å². The molecule has 3 N–H and O–H groups in total. The fourth-order valence-corrected chi connectivity index (χ4v) is 3.61. The first-order valence-electron chi connectivity index (χ1n) is 10.6. The Morgan fingerprint density at radius 1 is 1.07 bits per heavy atom. The maximum Gasteiger partial charge on any atom is 0.321 e. The van der Waals surface area contributed by atoms with E-state index in [2.05, 4.69) is 27.0 Å². The van der Waals surface area contributed by atoms with Crippen LogP contribution in [0.3, 0.4) is 0 Å². The lowest BCUT2D eigenvalue weighted by molar-refractivity contribution is 0.222. The number of benzene rings is 2. The van der Waals surface area contributed by atoms with Gasteiger partial charge in [0.25, 0.3) is 0 Å². The normalized spacial score (nSPS) is 13.9. The molecule has 0 unspecified atom stereocenters. The Hall–Kier alpha value is -2.73. The molecule has 3 rings (SSSR count). The van der Waals surface area contributed by atoms with Crippen molar-refractivity contribution in [3.8, 4) is 0 Å². The summed E-state index contributed by atoms with van der Waals surface area (Å²) in [4.78, 5) is 18.8. The van der Waals surface area contributed by atoms with E-state index in [0.29, 0.717) is 6.54 Å². The molecule has 2 aromatic rings. The quantitative estimate of drug-likeness (QED) is 0.456. The van der Waals surface area contributed by atoms with E-state index in [1.54, 1.807) is 0 Å². The molecule has 1 aliphatic rings. The van der Waals surface area contributed by atoms with Gasteiger partial charge in [-0.15, -0.1) is 0 Å². The molecule has 160 valence electrons. The Kier molecular flexibility index (Phi) is 8.39. The largest absolute Gasteiger partial charge is 0.357 e. The van der Waals surface area contributed by atoms with Crippen LogP contribution < -0.4 is 16.0 Å². The molecule has 0 aromatic heterocycles. The molecule has 1 saturated heterocycles. The van der Waals surface area contributed by atoms with Crippen molar-refractivity contribution in [1.82, 2.24) is 15.5 Å². The van der Waals surface area contributed by atoms with Crippen LogP contribution in [0.5, 0.6) is 0 Å². The molecular formula is C23H30ClN5O. The third-order valence-corrected chi connectivity index (χ3v) is 5.17. The topological polar surface area (TPSA) is 68.8 Å². The molecule has 0 bridgehead atoms. The van der Waals surface area contributed by atoms with Gasteiger partial charge in [0.15, 0.2) is 5.96 Å². The van der Waals surface area contributed by atoms with Crippen LogP contribution >= 0.6 is 11.6 Å². The summed E-state index contributed by atoms with van der Waals surface area (Å²) >= 11 is 6.05. The zero-order chi connectivity index (χ0) is 21.2. The summed E-state index contributed by atoms with van der Waals surface area (Å²) in [5.41, 5.74) is 3.03. The Labute approximate surface area is 183 Å². The average molecular weight is 428 g/mol. The van der Waals surface area contributed by atoms with Crippen LogP contribution in [-0.2, 0) is 13.0 Å². The lowest BCUT2D eigenvalue weighted by Crippen LogP contribution is -2.38. The zero-order valence-corrected chi connectivity index (χ0v) is 18.2. The predicted molar refractivity (Wildman–Crippen MR) is 124 cm³/mol. The highest BCUT2D eigenvalue weighted by molar-refractivity contribution is 6.30. The van der Waals surface area contributed by atoms with Gasteiger partial charge in [-0.05, 0) is 61.6 Å². The molecule has 1 aliphatic heterocycles. The number of anilines is 1. The van der Waals surface area contributed by atoms with Gasteiger partial charge in [-0.3, -0.25) is 0 Å². The highest BCUT2D eigenvalue weighted by atomic mass is 35.5. The van der Waals surface area contributed by atoms with E-state index in [9.17, 15) is 4.79 Å². The number of carbonyl (C=O) groups excluding carboxylic acids is 1. The summed E-state index contributed by atoms with van der Waals surface area (Å²) in [7, 11) is 0. The van der Waals surface area contributed by atoms with Crippen LogP contribution in [0, 0.1) is 0 Å². The molecule has 0 radical (unpaired) electrons. The molecule has 6 nitrogen and oxygen atoms in total. The van der Waals surface area contributed by atoms with Gasteiger partial charge in [0, 0.05) is 36.9 Å². The SMILES string of the molecule is CCNC(=NCc1cccc(NC(=O)N2CCCC2)c1)NCCc1cccc(Cl)c1. The first-order chi connectivity index (χ1) is 14.6. The Balaban J connectivity index is 1.53. The molecule has 7 heteroatoms. The number of halogens is 1. The van der Waals surface area contributed by atoms with Crippen molar-refractivity contribution in [2.75, 3.05) is 31.5 Å². The van der Waals surface area contributed by atoms with Gasteiger partial charge in [-0.1, -0.05) is 35.9 Å². The molecule has 0 spiro atoms. The maximum atomic E-state index is 12.3. The number of guanidine groups is 1. The van der Waals surface area contributed by atoms with Crippen LogP contribution in [0.4, 0.5) is 10.5 Å². The van der Waals surface area contributed by atoms with Crippen molar-refractivity contribution in [1.29, 1.82) is 0 Å². The van der Waals surface area contributed by atoms with Crippen molar-refractivity contribution >= 4 is 29.3 Å². The molecule has 0 saturated carbocycles. The van der Waals surface area contributed by atoms with E-state index in [4.69, 9.17) is 11.6 Å². The minimum Gasteiger partial charge on any atom is -0.357 e. The summed E-state index contributed by atoms with van der Waals surface area (Å²) in [6, 6.07) is 15.7. The molecule has 30 heavy (non-hydrogen) atoms. The minimum absolute atomic E-state index is 0.0239. The van der Waals surface area contributed by atoms with E-state index in [0.717, 1.165) is 67.7 Å². The highest BCUT2D eigenvalue weighted by Gasteiger charge is 2.17. The number of hydrogen-bond acceptors (Lipinski definition) is 2. The van der Waals surface area contributed by atoms with Crippen LogP contribution in [0.1, 0.15) is 30.9 Å². The number of carbonyl (C=O) groups is 1. The Bertz CT molecular complexity index is 864. The predicted octanol–water partition coefficient (Wildman–Crippen LogP) is 4.27. The maximum absolute atomic E-state index is 12.3. The van der Waals surface area contributed by atoms with Gasteiger partial charge in [0.1, 0.15) is 0 Å². The molecule has 0 atom stereocenters. The lowest BCUT2D eigenvalue weighted by Gasteiger charge is -2.16. The third-order valence-electron chi connectivity index (χ3n) is 4.93. The van der Waals surface area contributed by atoms with E-state index in [1.165, 1.54) is 5.56 Å². The van der Waals surface area contributed by atoms with Crippen LogP contribution in [-0.4, -0.2) is 43.1 Å². The first-order valence-corrected chi connectivity index (χ1v) is 10.9. The number of urea groups is 1. The van der Waals surface area contributed by atoms with Crippen molar-refractivity contribution in [3.05, 3.63) is 64.7 Å². The van der Waals surface area contributed by atoms with Crippen molar-refractivity contribution in [3.63, 3.8) is 0 Å². The lowest BCUT2D eigenvalue weighted by atomic mass is 10.1. The Morgan fingerprint density at radius 3 is 2.60 bits per heavy atom.